The molecule has 4 aromatic carbocycles. The van der Waals surface area contributed by atoms with Crippen LogP contribution in [-0.4, -0.2) is 19.3 Å². The van der Waals surface area contributed by atoms with Crippen molar-refractivity contribution in [3.8, 4) is 34.1 Å². The lowest BCUT2D eigenvalue weighted by Gasteiger charge is -2.32. The van der Waals surface area contributed by atoms with Crippen LogP contribution in [0.25, 0.3) is 44.4 Å². The molecule has 7 rings (SSSR count). The minimum atomic E-state index is -0.331. The second kappa shape index (κ2) is 12.1. The SMILES string of the molecule is Cc1nn(-c2cccc(Oc3ccc4c5cc(C(C)C(C)C(C)(C)C)ccc5n(-c5cc(F)ccn5)c4c3)c2)c(C)c1-c1ccccc1. The number of halogens is 1. The number of fused-ring (bicyclic) bond motifs is 3. The molecule has 48 heavy (non-hydrogen) atoms. The van der Waals surface area contributed by atoms with Crippen LogP contribution in [0.5, 0.6) is 11.5 Å². The number of benzene rings is 4. The van der Waals surface area contributed by atoms with Gasteiger partial charge in [-0.15, -0.1) is 0 Å². The van der Waals surface area contributed by atoms with Crippen LogP contribution in [0.2, 0.25) is 0 Å². The molecule has 0 fully saturated rings. The Morgan fingerprint density at radius 2 is 1.52 bits per heavy atom. The lowest BCUT2D eigenvalue weighted by atomic mass is 9.72. The lowest BCUT2D eigenvalue weighted by molar-refractivity contribution is 0.228. The van der Waals surface area contributed by atoms with Gasteiger partial charge in [-0.2, -0.15) is 5.10 Å². The van der Waals surface area contributed by atoms with Gasteiger partial charge in [-0.1, -0.05) is 77.1 Å². The van der Waals surface area contributed by atoms with Crippen molar-refractivity contribution in [1.29, 1.82) is 0 Å². The Balaban J connectivity index is 1.30. The van der Waals surface area contributed by atoms with E-state index in [0.717, 1.165) is 50.0 Å². The van der Waals surface area contributed by atoms with Gasteiger partial charge in [0.05, 0.1) is 22.4 Å². The maximum atomic E-state index is 14.5. The summed E-state index contributed by atoms with van der Waals surface area (Å²) in [6.07, 6.45) is 1.51. The van der Waals surface area contributed by atoms with E-state index in [0.29, 0.717) is 29.2 Å². The second-order valence-corrected chi connectivity index (χ2v) is 14.0. The van der Waals surface area contributed by atoms with E-state index in [-0.39, 0.29) is 11.2 Å². The van der Waals surface area contributed by atoms with Crippen LogP contribution in [0.15, 0.2) is 109 Å². The topological polar surface area (TPSA) is 44.9 Å². The highest BCUT2D eigenvalue weighted by atomic mass is 19.1. The van der Waals surface area contributed by atoms with E-state index in [1.807, 2.05) is 70.8 Å². The van der Waals surface area contributed by atoms with E-state index >= 15 is 0 Å². The fraction of sp³-hybridized carbons (Fsp3) is 0.238. The molecule has 6 heteroatoms. The summed E-state index contributed by atoms with van der Waals surface area (Å²) in [6.45, 7) is 15.7. The van der Waals surface area contributed by atoms with Gasteiger partial charge in [0.25, 0.3) is 0 Å². The number of pyridine rings is 1. The number of rotatable bonds is 7. The molecule has 0 aliphatic rings. The highest BCUT2D eigenvalue weighted by molar-refractivity contribution is 6.09. The predicted molar refractivity (Wildman–Crippen MR) is 194 cm³/mol. The monoisotopic (exact) mass is 636 g/mol. The highest BCUT2D eigenvalue weighted by Crippen LogP contribution is 2.41. The van der Waals surface area contributed by atoms with Crippen LogP contribution in [0, 0.1) is 31.0 Å². The maximum absolute atomic E-state index is 14.5. The van der Waals surface area contributed by atoms with E-state index in [1.54, 1.807) is 0 Å². The quantitative estimate of drug-likeness (QED) is 0.175. The zero-order valence-corrected chi connectivity index (χ0v) is 28.6. The molecular formula is C42H41FN4O. The highest BCUT2D eigenvalue weighted by Gasteiger charge is 2.27. The minimum Gasteiger partial charge on any atom is -0.457 e. The van der Waals surface area contributed by atoms with Crippen molar-refractivity contribution in [3.63, 3.8) is 0 Å². The molecule has 2 unspecified atom stereocenters. The molecule has 0 aliphatic carbocycles. The van der Waals surface area contributed by atoms with E-state index in [4.69, 9.17) is 9.84 Å². The van der Waals surface area contributed by atoms with Gasteiger partial charge < -0.3 is 4.74 Å². The van der Waals surface area contributed by atoms with Crippen molar-refractivity contribution < 1.29 is 9.13 Å². The van der Waals surface area contributed by atoms with Crippen molar-refractivity contribution in [3.05, 3.63) is 132 Å². The molecule has 0 N–H and O–H groups in total. The van der Waals surface area contributed by atoms with Gasteiger partial charge in [0.15, 0.2) is 0 Å². The zero-order valence-electron chi connectivity index (χ0n) is 28.6. The van der Waals surface area contributed by atoms with Gasteiger partial charge in [0.2, 0.25) is 0 Å². The van der Waals surface area contributed by atoms with Crippen molar-refractivity contribution in [2.75, 3.05) is 0 Å². The Morgan fingerprint density at radius 3 is 2.27 bits per heavy atom. The Bertz CT molecular complexity index is 2280. The van der Waals surface area contributed by atoms with Crippen molar-refractivity contribution in [2.24, 2.45) is 11.3 Å². The first-order valence-electron chi connectivity index (χ1n) is 16.6. The van der Waals surface area contributed by atoms with Crippen molar-refractivity contribution >= 4 is 21.8 Å². The molecule has 0 aliphatic heterocycles. The summed E-state index contributed by atoms with van der Waals surface area (Å²) >= 11 is 0. The molecule has 0 saturated carbocycles. The standard InChI is InChI=1S/C42H41FN4O/c1-26(27(2)42(5,6)7)31-16-19-38-37(22-31)36-18-17-35(25-39(36)46(38)40-23-32(43)20-21-44-40)48-34-15-11-14-33(24-34)47-29(4)41(28(3)45-47)30-12-9-8-10-13-30/h8-27H,1-7H3. The van der Waals surface area contributed by atoms with Crippen LogP contribution in [0.1, 0.15) is 57.5 Å². The third kappa shape index (κ3) is 5.66. The van der Waals surface area contributed by atoms with E-state index in [2.05, 4.69) is 82.9 Å². The van der Waals surface area contributed by atoms with Gasteiger partial charge in [-0.05, 0) is 84.7 Å². The van der Waals surface area contributed by atoms with Crippen molar-refractivity contribution in [2.45, 2.75) is 54.4 Å². The molecular weight excluding hydrogens is 595 g/mol. The van der Waals surface area contributed by atoms with Gasteiger partial charge in [0, 0.05) is 46.4 Å². The van der Waals surface area contributed by atoms with E-state index < -0.39 is 0 Å². The molecule has 5 nitrogen and oxygen atoms in total. The summed E-state index contributed by atoms with van der Waals surface area (Å²) in [5, 5.41) is 7.05. The Morgan fingerprint density at radius 1 is 0.750 bits per heavy atom. The van der Waals surface area contributed by atoms with Gasteiger partial charge in [0.1, 0.15) is 23.1 Å². The van der Waals surface area contributed by atoms with Crippen LogP contribution in [0.3, 0.4) is 0 Å². The first-order valence-corrected chi connectivity index (χ1v) is 16.6. The first kappa shape index (κ1) is 31.4. The average molecular weight is 637 g/mol. The normalized spacial score (nSPS) is 13.2. The molecule has 0 radical (unpaired) electrons. The number of aryl methyl sites for hydroxylation is 1. The largest absolute Gasteiger partial charge is 0.457 e. The zero-order chi connectivity index (χ0) is 33.7. The maximum Gasteiger partial charge on any atom is 0.140 e. The average Bonchev–Trinajstić information content (AvgIpc) is 3.56. The Kier molecular flexibility index (Phi) is 7.90. The summed E-state index contributed by atoms with van der Waals surface area (Å²) in [7, 11) is 0. The van der Waals surface area contributed by atoms with Crippen molar-refractivity contribution in [1.82, 2.24) is 19.3 Å². The van der Waals surface area contributed by atoms with E-state index in [9.17, 15) is 4.39 Å². The molecule has 3 aromatic heterocycles. The molecule has 7 aromatic rings. The molecule has 0 spiro atoms. The number of hydrogen-bond acceptors (Lipinski definition) is 3. The summed E-state index contributed by atoms with van der Waals surface area (Å²) in [5.74, 6) is 2.40. The summed E-state index contributed by atoms with van der Waals surface area (Å²) in [5.41, 5.74) is 8.57. The number of hydrogen-bond donors (Lipinski definition) is 0. The van der Waals surface area contributed by atoms with Gasteiger partial charge in [-0.3, -0.25) is 4.57 Å². The molecule has 3 heterocycles. The summed E-state index contributed by atoms with van der Waals surface area (Å²) < 4.78 is 25.0. The summed E-state index contributed by atoms with van der Waals surface area (Å²) in [4.78, 5) is 4.57. The molecule has 0 saturated heterocycles. The van der Waals surface area contributed by atoms with Gasteiger partial charge in [-0.25, -0.2) is 14.1 Å². The second-order valence-electron chi connectivity index (χ2n) is 14.0. The molecule has 2 atom stereocenters. The summed E-state index contributed by atoms with van der Waals surface area (Å²) in [6, 6.07) is 33.9. The number of nitrogens with zero attached hydrogens (tertiary/aromatic N) is 4. The molecule has 242 valence electrons. The Labute approximate surface area is 281 Å². The van der Waals surface area contributed by atoms with Crippen LogP contribution in [0.4, 0.5) is 4.39 Å². The lowest BCUT2D eigenvalue weighted by Crippen LogP contribution is -2.22. The van der Waals surface area contributed by atoms with Gasteiger partial charge >= 0.3 is 0 Å². The Hall–Kier alpha value is -5.23. The predicted octanol–water partition coefficient (Wildman–Crippen LogP) is 11.4. The van der Waals surface area contributed by atoms with E-state index in [1.165, 1.54) is 23.9 Å². The van der Waals surface area contributed by atoms with Crippen LogP contribution < -0.4 is 4.74 Å². The smallest absolute Gasteiger partial charge is 0.140 e. The number of aromatic nitrogens is 4. The third-order valence-electron chi connectivity index (χ3n) is 9.99. The fourth-order valence-electron chi connectivity index (χ4n) is 6.90. The first-order chi connectivity index (χ1) is 23.0. The minimum absolute atomic E-state index is 0.177. The third-order valence-corrected chi connectivity index (χ3v) is 9.99. The number of ether oxygens (including phenoxy) is 1. The molecule has 0 amide bonds. The fourth-order valence-corrected chi connectivity index (χ4v) is 6.90. The molecule has 0 bridgehead atoms. The van der Waals surface area contributed by atoms with Crippen LogP contribution in [-0.2, 0) is 0 Å². The van der Waals surface area contributed by atoms with Crippen LogP contribution >= 0.6 is 0 Å².